The van der Waals surface area contributed by atoms with Gasteiger partial charge >= 0.3 is 0 Å². The monoisotopic (exact) mass is 216 g/mol. The Labute approximate surface area is 94.5 Å². The van der Waals surface area contributed by atoms with Crippen LogP contribution in [0.25, 0.3) is 10.8 Å². The van der Waals surface area contributed by atoms with E-state index in [1.807, 2.05) is 36.5 Å². The van der Waals surface area contributed by atoms with Crippen LogP contribution in [0.4, 0.5) is 0 Å². The lowest BCUT2D eigenvalue weighted by Crippen LogP contribution is -2.19. The molecular formula is C13H16N2O. The summed E-state index contributed by atoms with van der Waals surface area (Å²) in [5, 5.41) is 1.79. The summed E-state index contributed by atoms with van der Waals surface area (Å²) in [7, 11) is 0. The lowest BCUT2D eigenvalue weighted by Gasteiger charge is -2.06. The molecule has 0 aliphatic rings. The summed E-state index contributed by atoms with van der Waals surface area (Å²) < 4.78 is 1.76. The van der Waals surface area contributed by atoms with Crippen LogP contribution in [0.1, 0.15) is 12.8 Å². The Morgan fingerprint density at radius 3 is 2.75 bits per heavy atom. The number of benzene rings is 1. The summed E-state index contributed by atoms with van der Waals surface area (Å²) in [6.45, 7) is 1.43. The normalized spacial score (nSPS) is 10.8. The Bertz CT molecular complexity index is 531. The molecule has 3 nitrogen and oxygen atoms in total. The third-order valence-electron chi connectivity index (χ3n) is 2.74. The van der Waals surface area contributed by atoms with Crippen molar-refractivity contribution in [2.45, 2.75) is 19.4 Å². The van der Waals surface area contributed by atoms with E-state index >= 15 is 0 Å². The van der Waals surface area contributed by atoms with Crippen LogP contribution in [0.15, 0.2) is 41.3 Å². The van der Waals surface area contributed by atoms with Gasteiger partial charge in [-0.1, -0.05) is 18.2 Å². The van der Waals surface area contributed by atoms with Gasteiger partial charge in [0.2, 0.25) is 0 Å². The smallest absolute Gasteiger partial charge is 0.258 e. The molecule has 0 saturated heterocycles. The third kappa shape index (κ3) is 2.14. The van der Waals surface area contributed by atoms with E-state index < -0.39 is 0 Å². The Hall–Kier alpha value is -1.61. The van der Waals surface area contributed by atoms with Gasteiger partial charge < -0.3 is 10.3 Å². The summed E-state index contributed by atoms with van der Waals surface area (Å²) >= 11 is 0. The molecular weight excluding hydrogens is 200 g/mol. The molecule has 1 heterocycles. The van der Waals surface area contributed by atoms with E-state index in [9.17, 15) is 4.79 Å². The van der Waals surface area contributed by atoms with Crippen LogP contribution in [0.3, 0.4) is 0 Å². The molecule has 1 aromatic heterocycles. The molecule has 0 spiro atoms. The molecule has 2 N–H and O–H groups in total. The molecule has 0 atom stereocenters. The minimum absolute atomic E-state index is 0.0927. The van der Waals surface area contributed by atoms with Gasteiger partial charge in [-0.2, -0.15) is 0 Å². The number of unbranched alkanes of at least 4 members (excludes halogenated alkanes) is 1. The van der Waals surface area contributed by atoms with E-state index in [4.69, 9.17) is 5.73 Å². The topological polar surface area (TPSA) is 48.0 Å². The van der Waals surface area contributed by atoms with Crippen molar-refractivity contribution < 1.29 is 0 Å². The fourth-order valence-electron chi connectivity index (χ4n) is 1.83. The molecule has 0 bridgehead atoms. The number of aromatic nitrogens is 1. The molecule has 3 heteroatoms. The van der Waals surface area contributed by atoms with Crippen LogP contribution in [0.2, 0.25) is 0 Å². The number of rotatable bonds is 4. The summed E-state index contributed by atoms with van der Waals surface area (Å²) in [6, 6.07) is 9.66. The molecule has 84 valence electrons. The standard InChI is InChI=1S/C13H16N2O/c14-8-3-4-9-15-10-7-11-5-1-2-6-12(11)13(15)16/h1-2,5-7,10H,3-4,8-9,14H2. The van der Waals surface area contributed by atoms with E-state index in [1.54, 1.807) is 4.57 Å². The first kappa shape index (κ1) is 10.9. The molecule has 0 unspecified atom stereocenters. The molecule has 2 rings (SSSR count). The molecule has 0 saturated carbocycles. The fourth-order valence-corrected chi connectivity index (χ4v) is 1.83. The first-order chi connectivity index (χ1) is 7.83. The first-order valence-electron chi connectivity index (χ1n) is 5.61. The summed E-state index contributed by atoms with van der Waals surface area (Å²) in [4.78, 5) is 12.1. The second kappa shape index (κ2) is 4.94. The Balaban J connectivity index is 2.33. The van der Waals surface area contributed by atoms with E-state index in [0.29, 0.717) is 6.54 Å². The van der Waals surface area contributed by atoms with Gasteiger partial charge in [0.1, 0.15) is 0 Å². The predicted octanol–water partition coefficient (Wildman–Crippen LogP) is 1.74. The molecule has 0 amide bonds. The highest BCUT2D eigenvalue weighted by Crippen LogP contribution is 2.08. The highest BCUT2D eigenvalue weighted by Gasteiger charge is 2.00. The van der Waals surface area contributed by atoms with Crippen molar-refractivity contribution in [1.29, 1.82) is 0 Å². The van der Waals surface area contributed by atoms with Crippen LogP contribution < -0.4 is 11.3 Å². The Kier molecular flexibility index (Phi) is 3.37. The van der Waals surface area contributed by atoms with E-state index in [0.717, 1.165) is 30.2 Å². The molecule has 16 heavy (non-hydrogen) atoms. The van der Waals surface area contributed by atoms with Crippen LogP contribution in [0.5, 0.6) is 0 Å². The molecule has 2 aromatic rings. The second-order valence-corrected chi connectivity index (χ2v) is 3.90. The van der Waals surface area contributed by atoms with Crippen molar-refractivity contribution in [3.05, 3.63) is 46.9 Å². The summed E-state index contributed by atoms with van der Waals surface area (Å²) in [5.41, 5.74) is 5.53. The van der Waals surface area contributed by atoms with Gasteiger partial charge in [0.15, 0.2) is 0 Å². The molecule has 0 aliphatic heterocycles. The lowest BCUT2D eigenvalue weighted by molar-refractivity contribution is 0.602. The van der Waals surface area contributed by atoms with Crippen molar-refractivity contribution in [1.82, 2.24) is 4.57 Å². The number of hydrogen-bond donors (Lipinski definition) is 1. The maximum absolute atomic E-state index is 12.1. The number of pyridine rings is 1. The van der Waals surface area contributed by atoms with E-state index in [-0.39, 0.29) is 5.56 Å². The molecule has 0 radical (unpaired) electrons. The first-order valence-corrected chi connectivity index (χ1v) is 5.61. The fraction of sp³-hybridized carbons (Fsp3) is 0.308. The number of hydrogen-bond acceptors (Lipinski definition) is 2. The van der Waals surface area contributed by atoms with E-state index in [2.05, 4.69) is 0 Å². The minimum Gasteiger partial charge on any atom is -0.330 e. The van der Waals surface area contributed by atoms with Crippen LogP contribution in [0, 0.1) is 0 Å². The van der Waals surface area contributed by atoms with Crippen molar-refractivity contribution in [3.63, 3.8) is 0 Å². The molecule has 1 aromatic carbocycles. The highest BCUT2D eigenvalue weighted by atomic mass is 16.1. The number of nitrogens with zero attached hydrogens (tertiary/aromatic N) is 1. The van der Waals surface area contributed by atoms with Gasteiger partial charge in [0, 0.05) is 18.1 Å². The summed E-state index contributed by atoms with van der Waals surface area (Å²) in [5.74, 6) is 0. The van der Waals surface area contributed by atoms with Crippen molar-refractivity contribution >= 4 is 10.8 Å². The molecule has 0 fully saturated rings. The average Bonchev–Trinajstić information content (AvgIpc) is 2.33. The largest absolute Gasteiger partial charge is 0.330 e. The maximum atomic E-state index is 12.1. The number of aryl methyl sites for hydroxylation is 1. The van der Waals surface area contributed by atoms with Crippen LogP contribution >= 0.6 is 0 Å². The second-order valence-electron chi connectivity index (χ2n) is 3.90. The zero-order valence-corrected chi connectivity index (χ0v) is 9.23. The van der Waals surface area contributed by atoms with Crippen LogP contribution in [-0.2, 0) is 6.54 Å². The van der Waals surface area contributed by atoms with Crippen molar-refractivity contribution in [2.24, 2.45) is 5.73 Å². The quantitative estimate of drug-likeness (QED) is 0.791. The zero-order valence-electron chi connectivity index (χ0n) is 9.23. The SMILES string of the molecule is NCCCCn1ccc2ccccc2c1=O. The zero-order chi connectivity index (χ0) is 11.4. The lowest BCUT2D eigenvalue weighted by atomic mass is 10.2. The predicted molar refractivity (Wildman–Crippen MR) is 66.5 cm³/mol. The van der Waals surface area contributed by atoms with Crippen molar-refractivity contribution in [2.75, 3.05) is 6.54 Å². The number of fused-ring (bicyclic) bond motifs is 1. The average molecular weight is 216 g/mol. The van der Waals surface area contributed by atoms with Gasteiger partial charge in [-0.05, 0) is 36.9 Å². The third-order valence-corrected chi connectivity index (χ3v) is 2.74. The Morgan fingerprint density at radius 1 is 1.12 bits per heavy atom. The van der Waals surface area contributed by atoms with E-state index in [1.165, 1.54) is 0 Å². The Morgan fingerprint density at radius 2 is 1.94 bits per heavy atom. The minimum atomic E-state index is 0.0927. The summed E-state index contributed by atoms with van der Waals surface area (Å²) in [6.07, 6.45) is 3.77. The van der Waals surface area contributed by atoms with Gasteiger partial charge in [-0.15, -0.1) is 0 Å². The highest BCUT2D eigenvalue weighted by molar-refractivity contribution is 5.81. The number of nitrogens with two attached hydrogens (primary N) is 1. The van der Waals surface area contributed by atoms with Crippen molar-refractivity contribution in [3.8, 4) is 0 Å². The van der Waals surface area contributed by atoms with Gasteiger partial charge in [0.05, 0.1) is 0 Å². The van der Waals surface area contributed by atoms with Gasteiger partial charge in [-0.25, -0.2) is 0 Å². The molecule has 0 aliphatic carbocycles. The maximum Gasteiger partial charge on any atom is 0.258 e. The van der Waals surface area contributed by atoms with Crippen LogP contribution in [-0.4, -0.2) is 11.1 Å². The van der Waals surface area contributed by atoms with Gasteiger partial charge in [-0.3, -0.25) is 4.79 Å². The van der Waals surface area contributed by atoms with Gasteiger partial charge in [0.25, 0.3) is 5.56 Å².